The minimum atomic E-state index is -1.13. The zero-order valence-electron chi connectivity index (χ0n) is 13.4. The van der Waals surface area contributed by atoms with Gasteiger partial charge in [-0.1, -0.05) is 12.1 Å². The molecule has 1 N–H and O–H groups in total. The molecule has 7 heteroatoms. The molecule has 3 rings (SSSR count). The number of benzene rings is 2. The molecule has 0 unspecified atom stereocenters. The number of aliphatic hydroxyl groups is 1. The maximum atomic E-state index is 13.1. The number of aliphatic hydroxyl groups excluding tert-OH is 1. The normalized spacial score (nSPS) is 18.8. The Hall–Kier alpha value is -2.80. The van der Waals surface area contributed by atoms with Crippen LogP contribution in [-0.4, -0.2) is 34.5 Å². The molecule has 1 fully saturated rings. The highest BCUT2D eigenvalue weighted by molar-refractivity contribution is 6.14. The molecule has 3 amide bonds. The topological polar surface area (TPSA) is 60.9 Å². The molecule has 0 saturated carbocycles. The molecule has 0 spiro atoms. The average molecular weight is 346 g/mol. The van der Waals surface area contributed by atoms with E-state index < -0.39 is 35.7 Å². The molecule has 0 aliphatic carbocycles. The number of nitrogens with zero attached hydrogens (tertiary/aromatic N) is 2. The quantitative estimate of drug-likeness (QED) is 0.866. The van der Waals surface area contributed by atoms with E-state index in [1.807, 2.05) is 0 Å². The molecule has 130 valence electrons. The first-order valence-corrected chi connectivity index (χ1v) is 7.72. The van der Waals surface area contributed by atoms with Crippen LogP contribution in [-0.2, 0) is 4.79 Å². The van der Waals surface area contributed by atoms with Gasteiger partial charge in [0.2, 0.25) is 0 Å². The van der Waals surface area contributed by atoms with Crippen molar-refractivity contribution in [3.8, 4) is 0 Å². The van der Waals surface area contributed by atoms with E-state index >= 15 is 0 Å². The van der Waals surface area contributed by atoms with Gasteiger partial charge in [-0.05, 0) is 48.9 Å². The van der Waals surface area contributed by atoms with Gasteiger partial charge >= 0.3 is 6.03 Å². The highest BCUT2D eigenvalue weighted by Crippen LogP contribution is 2.27. The molecule has 1 aliphatic heterocycles. The monoisotopic (exact) mass is 346 g/mol. The first-order chi connectivity index (χ1) is 11.9. The lowest BCUT2D eigenvalue weighted by molar-refractivity contribution is -0.127. The summed E-state index contributed by atoms with van der Waals surface area (Å²) in [5, 5.41) is 10.3. The molecule has 2 aromatic rings. The number of carbonyl (C=O) groups is 2. The van der Waals surface area contributed by atoms with E-state index in [0.717, 1.165) is 4.90 Å². The number of halogens is 2. The van der Waals surface area contributed by atoms with Gasteiger partial charge in [0, 0.05) is 5.69 Å². The number of rotatable bonds is 4. The number of imide groups is 1. The highest BCUT2D eigenvalue weighted by Gasteiger charge is 2.43. The maximum Gasteiger partial charge on any atom is 0.332 e. The van der Waals surface area contributed by atoms with Crippen LogP contribution in [0.5, 0.6) is 0 Å². The van der Waals surface area contributed by atoms with Crippen molar-refractivity contribution >= 4 is 17.6 Å². The molecule has 0 aromatic heterocycles. The third kappa shape index (κ3) is 3.23. The fraction of sp³-hybridized carbons (Fsp3) is 0.222. The molecular weight excluding hydrogens is 330 g/mol. The van der Waals surface area contributed by atoms with E-state index in [1.165, 1.54) is 53.4 Å². The number of anilines is 1. The van der Waals surface area contributed by atoms with Crippen molar-refractivity contribution in [1.29, 1.82) is 0 Å². The van der Waals surface area contributed by atoms with Gasteiger partial charge in [-0.2, -0.15) is 0 Å². The second-order valence-corrected chi connectivity index (χ2v) is 5.82. The van der Waals surface area contributed by atoms with Gasteiger partial charge in [0.05, 0.1) is 12.6 Å². The van der Waals surface area contributed by atoms with Gasteiger partial charge in [0.15, 0.2) is 0 Å². The summed E-state index contributed by atoms with van der Waals surface area (Å²) in [6, 6.07) is 9.06. The van der Waals surface area contributed by atoms with Crippen molar-refractivity contribution in [2.75, 3.05) is 11.4 Å². The lowest BCUT2D eigenvalue weighted by atomic mass is 10.1. The Morgan fingerprint density at radius 2 is 1.52 bits per heavy atom. The van der Waals surface area contributed by atoms with E-state index in [-0.39, 0.29) is 6.54 Å². The first-order valence-electron chi connectivity index (χ1n) is 7.72. The molecule has 5 nitrogen and oxygen atoms in total. The minimum Gasteiger partial charge on any atom is -0.387 e. The standard InChI is InChI=1S/C18H16F2N2O3/c1-11-17(24)21(10-16(23)12-2-4-13(19)5-3-12)18(25)22(11)15-8-6-14(20)7-9-15/h2-9,11,16,23H,10H2,1H3/t11-,16+/m1/s1. The van der Waals surface area contributed by atoms with E-state index in [9.17, 15) is 23.5 Å². The number of carbonyl (C=O) groups excluding carboxylic acids is 2. The maximum absolute atomic E-state index is 13.1. The van der Waals surface area contributed by atoms with Crippen LogP contribution in [0, 0.1) is 11.6 Å². The van der Waals surface area contributed by atoms with Gasteiger partial charge in [-0.3, -0.25) is 14.6 Å². The Morgan fingerprint density at radius 1 is 1.00 bits per heavy atom. The number of hydrogen-bond acceptors (Lipinski definition) is 3. The van der Waals surface area contributed by atoms with Crippen molar-refractivity contribution < 1.29 is 23.5 Å². The smallest absolute Gasteiger partial charge is 0.332 e. The molecule has 1 heterocycles. The Morgan fingerprint density at radius 3 is 2.08 bits per heavy atom. The van der Waals surface area contributed by atoms with E-state index in [0.29, 0.717) is 11.3 Å². The summed E-state index contributed by atoms with van der Waals surface area (Å²) in [7, 11) is 0. The Labute approximate surface area is 143 Å². The van der Waals surface area contributed by atoms with Gasteiger partial charge < -0.3 is 5.11 Å². The van der Waals surface area contributed by atoms with E-state index in [4.69, 9.17) is 0 Å². The van der Waals surface area contributed by atoms with Gasteiger partial charge in [0.1, 0.15) is 17.7 Å². The zero-order valence-corrected chi connectivity index (χ0v) is 13.4. The van der Waals surface area contributed by atoms with Crippen LogP contribution in [0.2, 0.25) is 0 Å². The van der Waals surface area contributed by atoms with Gasteiger partial charge in [0.25, 0.3) is 5.91 Å². The van der Waals surface area contributed by atoms with Crippen molar-refractivity contribution in [3.05, 3.63) is 65.7 Å². The third-order valence-corrected chi connectivity index (χ3v) is 4.16. The lowest BCUT2D eigenvalue weighted by Gasteiger charge is -2.20. The summed E-state index contributed by atoms with van der Waals surface area (Å²) in [6.07, 6.45) is -1.13. The summed E-state index contributed by atoms with van der Waals surface area (Å²) in [5.74, 6) is -1.35. The second-order valence-electron chi connectivity index (χ2n) is 5.82. The van der Waals surface area contributed by atoms with Gasteiger partial charge in [-0.15, -0.1) is 0 Å². The second kappa shape index (κ2) is 6.60. The van der Waals surface area contributed by atoms with Crippen molar-refractivity contribution in [2.24, 2.45) is 0 Å². The van der Waals surface area contributed by atoms with E-state index in [1.54, 1.807) is 6.92 Å². The number of urea groups is 1. The molecule has 25 heavy (non-hydrogen) atoms. The molecule has 1 saturated heterocycles. The molecule has 2 aromatic carbocycles. The van der Waals surface area contributed by atoms with Gasteiger partial charge in [-0.25, -0.2) is 13.6 Å². The number of hydrogen-bond donors (Lipinski definition) is 1. The minimum absolute atomic E-state index is 0.245. The van der Waals surface area contributed by atoms with Crippen LogP contribution >= 0.6 is 0 Å². The average Bonchev–Trinajstić information content (AvgIpc) is 2.80. The first kappa shape index (κ1) is 17.0. The highest BCUT2D eigenvalue weighted by atomic mass is 19.1. The van der Waals surface area contributed by atoms with E-state index in [2.05, 4.69) is 0 Å². The summed E-state index contributed by atoms with van der Waals surface area (Å²) in [5.41, 5.74) is 0.793. The number of amides is 3. The molecule has 2 atom stereocenters. The largest absolute Gasteiger partial charge is 0.387 e. The summed E-state index contributed by atoms with van der Waals surface area (Å²) >= 11 is 0. The Kier molecular flexibility index (Phi) is 4.50. The molecule has 1 aliphatic rings. The fourth-order valence-electron chi connectivity index (χ4n) is 2.79. The lowest BCUT2D eigenvalue weighted by Crippen LogP contribution is -2.36. The predicted molar refractivity (Wildman–Crippen MR) is 86.8 cm³/mol. The Balaban J connectivity index is 1.80. The van der Waals surface area contributed by atoms with Crippen LogP contribution < -0.4 is 4.90 Å². The van der Waals surface area contributed by atoms with Crippen molar-refractivity contribution in [1.82, 2.24) is 4.90 Å². The Bertz CT molecular complexity index is 793. The van der Waals surface area contributed by atoms with Crippen molar-refractivity contribution in [2.45, 2.75) is 19.1 Å². The van der Waals surface area contributed by atoms with Crippen LogP contribution in [0.1, 0.15) is 18.6 Å². The molecule has 0 bridgehead atoms. The SMILES string of the molecule is C[C@@H]1C(=O)N(C[C@H](O)c2ccc(F)cc2)C(=O)N1c1ccc(F)cc1. The van der Waals surface area contributed by atoms with Crippen LogP contribution in [0.15, 0.2) is 48.5 Å². The fourth-order valence-corrected chi connectivity index (χ4v) is 2.79. The summed E-state index contributed by atoms with van der Waals surface area (Å²) < 4.78 is 26.0. The van der Waals surface area contributed by atoms with Crippen LogP contribution in [0.3, 0.4) is 0 Å². The van der Waals surface area contributed by atoms with Crippen molar-refractivity contribution in [3.63, 3.8) is 0 Å². The van der Waals surface area contributed by atoms with Crippen LogP contribution in [0.4, 0.5) is 19.3 Å². The zero-order chi connectivity index (χ0) is 18.1. The molecule has 0 radical (unpaired) electrons. The molecular formula is C18H16F2N2O3. The predicted octanol–water partition coefficient (Wildman–Crippen LogP) is 2.86. The van der Waals surface area contributed by atoms with Crippen LogP contribution in [0.25, 0.3) is 0 Å². The summed E-state index contributed by atoms with van der Waals surface area (Å²) in [6.45, 7) is 1.32. The summed E-state index contributed by atoms with van der Waals surface area (Å²) in [4.78, 5) is 27.2. The third-order valence-electron chi connectivity index (χ3n) is 4.16. The number of β-amino-alcohol motifs (C(OH)–C–C–N with tert-alkyl or cyclic N) is 1.